The lowest BCUT2D eigenvalue weighted by Crippen LogP contribution is -2.36. The quantitative estimate of drug-likeness (QED) is 0.233. The summed E-state index contributed by atoms with van der Waals surface area (Å²) in [6, 6.07) is 15.2. The molecule has 10 heteroatoms. The number of nitrogens with zero attached hydrogens (tertiary/aromatic N) is 6. The summed E-state index contributed by atoms with van der Waals surface area (Å²) in [5, 5.41) is 13.7. The van der Waals surface area contributed by atoms with E-state index in [1.165, 1.54) is 18.2 Å². The lowest BCUT2D eigenvalue weighted by Gasteiger charge is -2.25. The molecule has 2 aromatic heterocycles. The van der Waals surface area contributed by atoms with Crippen molar-refractivity contribution in [3.05, 3.63) is 71.9 Å². The summed E-state index contributed by atoms with van der Waals surface area (Å²) in [4.78, 5) is 34.1. The van der Waals surface area contributed by atoms with Crippen molar-refractivity contribution in [2.45, 2.75) is 40.0 Å². The summed E-state index contributed by atoms with van der Waals surface area (Å²) in [6.45, 7) is 7.08. The predicted octanol–water partition coefficient (Wildman–Crippen LogP) is 5.15. The van der Waals surface area contributed by atoms with Crippen LogP contribution < -0.4 is 4.74 Å². The van der Waals surface area contributed by atoms with Crippen LogP contribution in [0.3, 0.4) is 0 Å². The molecule has 2 aromatic carbocycles. The second-order valence-electron chi connectivity index (χ2n) is 9.88. The molecule has 204 valence electrons. The number of carbonyl (C=O) groups excluding carboxylic acids is 2. The van der Waals surface area contributed by atoms with E-state index in [1.807, 2.05) is 31.2 Å². The Kier molecular flexibility index (Phi) is 8.96. The SMILES string of the molecule is CCC(CCCN(CC(C)C)C(=O)c1cc2ccccc2c(OC)n1)C(=O)c1nnn(-c2cccc(F)c2)n1. The molecule has 9 nitrogen and oxygen atoms in total. The molecule has 4 aromatic rings. The van der Waals surface area contributed by atoms with Gasteiger partial charge in [-0.15, -0.1) is 15.0 Å². The zero-order chi connectivity index (χ0) is 27.9. The molecular weight excluding hydrogens is 499 g/mol. The Morgan fingerprint density at radius 2 is 1.90 bits per heavy atom. The van der Waals surface area contributed by atoms with Crippen molar-refractivity contribution < 1.29 is 18.7 Å². The van der Waals surface area contributed by atoms with Crippen LogP contribution in [0.15, 0.2) is 54.6 Å². The van der Waals surface area contributed by atoms with Crippen LogP contribution in [-0.4, -0.2) is 62.0 Å². The molecule has 0 aliphatic heterocycles. The third kappa shape index (κ3) is 6.63. The molecule has 0 saturated heterocycles. The average molecular weight is 533 g/mol. The number of methoxy groups -OCH3 is 1. The van der Waals surface area contributed by atoms with E-state index in [-0.39, 0.29) is 29.4 Å². The van der Waals surface area contributed by atoms with Gasteiger partial charge >= 0.3 is 0 Å². The molecule has 0 radical (unpaired) electrons. The fourth-order valence-electron chi connectivity index (χ4n) is 4.57. The van der Waals surface area contributed by atoms with Gasteiger partial charge in [0.15, 0.2) is 0 Å². The number of ketones is 1. The van der Waals surface area contributed by atoms with Crippen LogP contribution in [-0.2, 0) is 0 Å². The number of rotatable bonds is 12. The van der Waals surface area contributed by atoms with Gasteiger partial charge < -0.3 is 9.64 Å². The van der Waals surface area contributed by atoms with Crippen LogP contribution >= 0.6 is 0 Å². The van der Waals surface area contributed by atoms with E-state index in [9.17, 15) is 14.0 Å². The smallest absolute Gasteiger partial charge is 0.272 e. The van der Waals surface area contributed by atoms with Crippen molar-refractivity contribution in [3.63, 3.8) is 0 Å². The van der Waals surface area contributed by atoms with Crippen LogP contribution in [0.25, 0.3) is 16.5 Å². The van der Waals surface area contributed by atoms with Crippen LogP contribution in [0.1, 0.15) is 61.1 Å². The normalized spacial score (nSPS) is 12.1. The Morgan fingerprint density at radius 3 is 2.62 bits per heavy atom. The van der Waals surface area contributed by atoms with Gasteiger partial charge in [0.25, 0.3) is 5.91 Å². The highest BCUT2D eigenvalue weighted by molar-refractivity contribution is 5.98. The van der Waals surface area contributed by atoms with Crippen molar-refractivity contribution in [1.29, 1.82) is 0 Å². The summed E-state index contributed by atoms with van der Waals surface area (Å²) in [7, 11) is 1.54. The van der Waals surface area contributed by atoms with Gasteiger partial charge in [-0.1, -0.05) is 45.0 Å². The Balaban J connectivity index is 1.44. The number of amides is 1. The first-order valence-corrected chi connectivity index (χ1v) is 13.1. The van der Waals surface area contributed by atoms with Crippen molar-refractivity contribution >= 4 is 22.5 Å². The van der Waals surface area contributed by atoms with Crippen LogP contribution in [0.5, 0.6) is 5.88 Å². The highest BCUT2D eigenvalue weighted by Gasteiger charge is 2.25. The van der Waals surface area contributed by atoms with Gasteiger partial charge in [0.05, 0.1) is 12.8 Å². The number of Topliss-reactive ketones (excluding diaryl/α,β-unsaturated/α-hetero) is 1. The van der Waals surface area contributed by atoms with Gasteiger partial charge in [0.2, 0.25) is 17.5 Å². The molecule has 1 amide bonds. The van der Waals surface area contributed by atoms with Crippen LogP contribution in [0.4, 0.5) is 4.39 Å². The zero-order valence-electron chi connectivity index (χ0n) is 22.7. The van der Waals surface area contributed by atoms with Crippen molar-refractivity contribution in [2.75, 3.05) is 20.2 Å². The molecule has 0 N–H and O–H groups in total. The molecule has 4 rings (SSSR count). The number of benzene rings is 2. The lowest BCUT2D eigenvalue weighted by atomic mass is 9.95. The number of halogens is 1. The maximum absolute atomic E-state index is 13.6. The number of fused-ring (bicyclic) bond motifs is 1. The largest absolute Gasteiger partial charge is 0.481 e. The predicted molar refractivity (Wildman–Crippen MR) is 145 cm³/mol. The fraction of sp³-hybridized carbons (Fsp3) is 0.379. The summed E-state index contributed by atoms with van der Waals surface area (Å²) in [5.74, 6) is -0.492. The Morgan fingerprint density at radius 1 is 1.10 bits per heavy atom. The molecule has 1 unspecified atom stereocenters. The van der Waals surface area contributed by atoms with Crippen LogP contribution in [0, 0.1) is 17.7 Å². The van der Waals surface area contributed by atoms with Gasteiger partial charge in [-0.2, -0.15) is 0 Å². The molecular formula is C29H33FN6O3. The van der Waals surface area contributed by atoms with E-state index in [4.69, 9.17) is 4.74 Å². The minimum atomic E-state index is -0.429. The monoisotopic (exact) mass is 532 g/mol. The summed E-state index contributed by atoms with van der Waals surface area (Å²) < 4.78 is 19.0. The average Bonchev–Trinajstić information content (AvgIpc) is 3.44. The number of hydrogen-bond acceptors (Lipinski definition) is 7. The Hall–Kier alpha value is -4.21. The maximum atomic E-state index is 13.6. The Labute approximate surface area is 227 Å². The molecule has 0 aliphatic carbocycles. The fourth-order valence-corrected chi connectivity index (χ4v) is 4.57. The van der Waals surface area contributed by atoms with E-state index >= 15 is 0 Å². The summed E-state index contributed by atoms with van der Waals surface area (Å²) >= 11 is 0. The minimum Gasteiger partial charge on any atom is -0.481 e. The number of tetrazole rings is 1. The van der Waals surface area contributed by atoms with E-state index in [0.717, 1.165) is 15.6 Å². The van der Waals surface area contributed by atoms with Crippen molar-refractivity contribution in [3.8, 4) is 11.6 Å². The van der Waals surface area contributed by atoms with E-state index in [0.29, 0.717) is 49.6 Å². The molecule has 0 fully saturated rings. The summed E-state index contributed by atoms with van der Waals surface area (Å²) in [6.07, 6.45) is 1.76. The number of ether oxygens (including phenoxy) is 1. The molecule has 39 heavy (non-hydrogen) atoms. The first-order chi connectivity index (χ1) is 18.8. The lowest BCUT2D eigenvalue weighted by molar-refractivity contribution is 0.0722. The topological polar surface area (TPSA) is 103 Å². The molecule has 2 heterocycles. The summed E-state index contributed by atoms with van der Waals surface area (Å²) in [5.41, 5.74) is 0.712. The molecule has 0 spiro atoms. The van der Waals surface area contributed by atoms with Gasteiger partial charge in [-0.3, -0.25) is 9.59 Å². The van der Waals surface area contributed by atoms with E-state index in [1.54, 1.807) is 24.1 Å². The molecule has 0 bridgehead atoms. The highest BCUT2D eigenvalue weighted by Crippen LogP contribution is 2.25. The maximum Gasteiger partial charge on any atom is 0.272 e. The number of hydrogen-bond donors (Lipinski definition) is 0. The number of aromatic nitrogens is 5. The van der Waals surface area contributed by atoms with E-state index < -0.39 is 5.82 Å². The second kappa shape index (κ2) is 12.6. The number of carbonyl (C=O) groups is 2. The second-order valence-corrected chi connectivity index (χ2v) is 9.88. The van der Waals surface area contributed by atoms with Crippen molar-refractivity contribution in [1.82, 2.24) is 30.1 Å². The van der Waals surface area contributed by atoms with Gasteiger partial charge in [-0.25, -0.2) is 9.37 Å². The molecule has 0 saturated carbocycles. The standard InChI is InChI=1S/C29H33FN6O3/c1-5-20(26(37)27-32-34-36(33-27)23-13-8-12-22(30)17-23)11-9-15-35(18-19(2)3)29(38)25-16-21-10-6-7-14-24(21)28(31-25)39-4/h6-8,10,12-14,16-17,19-20H,5,9,11,15,18H2,1-4H3. The first-order valence-electron chi connectivity index (χ1n) is 13.1. The third-order valence-corrected chi connectivity index (χ3v) is 6.51. The Bertz CT molecular complexity index is 1450. The van der Waals surface area contributed by atoms with E-state index in [2.05, 4.69) is 34.2 Å². The van der Waals surface area contributed by atoms with Crippen LogP contribution in [0.2, 0.25) is 0 Å². The van der Waals surface area contributed by atoms with Gasteiger partial charge in [0.1, 0.15) is 11.5 Å². The van der Waals surface area contributed by atoms with Crippen molar-refractivity contribution in [2.24, 2.45) is 11.8 Å². The zero-order valence-corrected chi connectivity index (χ0v) is 22.7. The molecule has 1 atom stereocenters. The molecule has 0 aliphatic rings. The van der Waals surface area contributed by atoms with Gasteiger partial charge in [0, 0.05) is 30.5 Å². The highest BCUT2D eigenvalue weighted by atomic mass is 19.1. The van der Waals surface area contributed by atoms with Gasteiger partial charge in [-0.05, 0) is 60.0 Å². The minimum absolute atomic E-state index is 0.00585. The number of pyridine rings is 1. The first kappa shape index (κ1) is 27.8. The third-order valence-electron chi connectivity index (χ3n) is 6.51.